The second-order valence-corrected chi connectivity index (χ2v) is 4.20. The normalized spacial score (nSPS) is 10.6. The fraction of sp³-hybridized carbons (Fsp3) is 0.0833. The highest BCUT2D eigenvalue weighted by molar-refractivity contribution is 6.28. The van der Waals surface area contributed by atoms with Crippen LogP contribution in [0.15, 0.2) is 36.8 Å². The smallest absolute Gasteiger partial charge is 0.255 e. The Morgan fingerprint density at radius 1 is 1.16 bits per heavy atom. The minimum atomic E-state index is 0.130. The molecule has 0 atom stereocenters. The lowest BCUT2D eigenvalue weighted by atomic mass is 10.2. The molecule has 7 heteroatoms. The van der Waals surface area contributed by atoms with Gasteiger partial charge in [0, 0.05) is 29.8 Å². The highest BCUT2D eigenvalue weighted by Crippen LogP contribution is 2.17. The van der Waals surface area contributed by atoms with Gasteiger partial charge in [0.2, 0.25) is 5.28 Å². The van der Waals surface area contributed by atoms with Gasteiger partial charge < -0.3 is 0 Å². The van der Waals surface area contributed by atoms with Gasteiger partial charge in [-0.15, -0.1) is 0 Å². The molecule has 0 aliphatic rings. The van der Waals surface area contributed by atoms with Gasteiger partial charge in [-0.1, -0.05) is 0 Å². The van der Waals surface area contributed by atoms with Gasteiger partial charge in [0.15, 0.2) is 5.82 Å². The van der Waals surface area contributed by atoms with E-state index in [1.807, 2.05) is 19.1 Å². The molecule has 0 saturated carbocycles. The molecule has 0 aliphatic heterocycles. The second-order valence-electron chi connectivity index (χ2n) is 3.86. The van der Waals surface area contributed by atoms with Crippen LogP contribution in [0, 0.1) is 6.92 Å². The van der Waals surface area contributed by atoms with Gasteiger partial charge in [0.1, 0.15) is 0 Å². The molecule has 0 aromatic carbocycles. The van der Waals surface area contributed by atoms with E-state index in [9.17, 15) is 0 Å². The molecule has 0 saturated heterocycles. The zero-order valence-corrected chi connectivity index (χ0v) is 10.8. The first-order valence-corrected chi connectivity index (χ1v) is 5.95. The number of aromatic nitrogens is 6. The van der Waals surface area contributed by atoms with Gasteiger partial charge in [0.25, 0.3) is 5.95 Å². The van der Waals surface area contributed by atoms with Crippen molar-refractivity contribution in [3.05, 3.63) is 47.8 Å². The Labute approximate surface area is 114 Å². The minimum absolute atomic E-state index is 0.130. The molecule has 0 amide bonds. The van der Waals surface area contributed by atoms with Crippen LogP contribution in [-0.2, 0) is 0 Å². The third-order valence-corrected chi connectivity index (χ3v) is 2.63. The number of rotatable bonds is 2. The maximum Gasteiger partial charge on any atom is 0.255 e. The quantitative estimate of drug-likeness (QED) is 0.714. The first-order chi connectivity index (χ1) is 9.22. The Bertz CT molecular complexity index is 710. The molecule has 0 bridgehead atoms. The first kappa shape index (κ1) is 11.7. The highest BCUT2D eigenvalue weighted by Gasteiger charge is 2.09. The van der Waals surface area contributed by atoms with Gasteiger partial charge in [-0.05, 0) is 36.7 Å². The summed E-state index contributed by atoms with van der Waals surface area (Å²) in [5, 5.41) is 4.20. The molecular formula is C12H9ClN6. The number of hydrogen-bond donors (Lipinski definition) is 0. The predicted molar refractivity (Wildman–Crippen MR) is 69.9 cm³/mol. The van der Waals surface area contributed by atoms with Crippen molar-refractivity contribution in [2.75, 3.05) is 0 Å². The van der Waals surface area contributed by atoms with Crippen molar-refractivity contribution in [1.82, 2.24) is 29.7 Å². The Morgan fingerprint density at radius 2 is 2.05 bits per heavy atom. The summed E-state index contributed by atoms with van der Waals surface area (Å²) in [5.41, 5.74) is 1.72. The Hall–Kier alpha value is -2.34. The van der Waals surface area contributed by atoms with Gasteiger partial charge in [-0.2, -0.15) is 20.1 Å². The van der Waals surface area contributed by atoms with E-state index in [1.54, 1.807) is 24.7 Å². The summed E-state index contributed by atoms with van der Waals surface area (Å²) in [6.45, 7) is 1.90. The van der Waals surface area contributed by atoms with Crippen molar-refractivity contribution >= 4 is 11.6 Å². The second kappa shape index (κ2) is 4.74. The lowest BCUT2D eigenvalue weighted by molar-refractivity contribution is 0.797. The van der Waals surface area contributed by atoms with E-state index in [1.165, 1.54) is 4.68 Å². The van der Waals surface area contributed by atoms with Crippen LogP contribution < -0.4 is 0 Å². The fourth-order valence-corrected chi connectivity index (χ4v) is 1.80. The third kappa shape index (κ3) is 2.43. The molecule has 0 aliphatic carbocycles. The van der Waals surface area contributed by atoms with E-state index in [2.05, 4.69) is 25.0 Å². The van der Waals surface area contributed by atoms with Crippen LogP contribution in [0.25, 0.3) is 17.3 Å². The third-order valence-electron chi connectivity index (χ3n) is 2.46. The molecule has 3 heterocycles. The standard InChI is InChI=1S/C12H9ClN6/c1-8-7-9(3-5-14-8)10-16-11(13)18-12(17-10)19-6-2-4-15-19/h2-7H,1H3. The van der Waals surface area contributed by atoms with E-state index in [-0.39, 0.29) is 5.28 Å². The molecule has 94 valence electrons. The van der Waals surface area contributed by atoms with Gasteiger partial charge in [0.05, 0.1) is 0 Å². The molecule has 0 fully saturated rings. The summed E-state index contributed by atoms with van der Waals surface area (Å²) in [7, 11) is 0. The lowest BCUT2D eigenvalue weighted by Crippen LogP contribution is -2.05. The zero-order chi connectivity index (χ0) is 13.2. The van der Waals surface area contributed by atoms with Crippen molar-refractivity contribution in [2.45, 2.75) is 6.92 Å². The maximum atomic E-state index is 5.94. The molecular weight excluding hydrogens is 264 g/mol. The van der Waals surface area contributed by atoms with Crippen LogP contribution in [-0.4, -0.2) is 29.7 Å². The molecule has 3 aromatic heterocycles. The summed E-state index contributed by atoms with van der Waals surface area (Å²) >= 11 is 5.94. The van der Waals surface area contributed by atoms with Crippen molar-refractivity contribution in [3.8, 4) is 17.3 Å². The Kier molecular flexibility index (Phi) is 2.92. The number of halogens is 1. The maximum absolute atomic E-state index is 5.94. The van der Waals surface area contributed by atoms with E-state index in [0.29, 0.717) is 11.8 Å². The summed E-state index contributed by atoms with van der Waals surface area (Å²) in [4.78, 5) is 16.7. The van der Waals surface area contributed by atoms with E-state index in [0.717, 1.165) is 11.3 Å². The minimum Gasteiger partial charge on any atom is -0.262 e. The molecule has 6 nitrogen and oxygen atoms in total. The summed E-state index contributed by atoms with van der Waals surface area (Å²) < 4.78 is 1.53. The van der Waals surface area contributed by atoms with Crippen molar-refractivity contribution in [1.29, 1.82) is 0 Å². The largest absolute Gasteiger partial charge is 0.262 e. The summed E-state index contributed by atoms with van der Waals surface area (Å²) in [5.74, 6) is 0.880. The fourth-order valence-electron chi connectivity index (χ4n) is 1.64. The topological polar surface area (TPSA) is 69.4 Å². The van der Waals surface area contributed by atoms with Crippen molar-refractivity contribution in [2.24, 2.45) is 0 Å². The number of nitrogens with zero attached hydrogens (tertiary/aromatic N) is 6. The number of aryl methyl sites for hydroxylation is 1. The van der Waals surface area contributed by atoms with Gasteiger partial charge in [-0.3, -0.25) is 4.98 Å². The van der Waals surface area contributed by atoms with Crippen LogP contribution >= 0.6 is 11.6 Å². The molecule has 0 unspecified atom stereocenters. The zero-order valence-electron chi connectivity index (χ0n) is 10.0. The van der Waals surface area contributed by atoms with E-state index in [4.69, 9.17) is 11.6 Å². The molecule has 19 heavy (non-hydrogen) atoms. The van der Waals surface area contributed by atoms with Gasteiger partial charge >= 0.3 is 0 Å². The van der Waals surface area contributed by atoms with E-state index >= 15 is 0 Å². The average Bonchev–Trinajstić information content (AvgIpc) is 2.92. The average molecular weight is 273 g/mol. The molecule has 0 spiro atoms. The molecule has 0 radical (unpaired) electrons. The van der Waals surface area contributed by atoms with Crippen LogP contribution in [0.4, 0.5) is 0 Å². The Balaban J connectivity index is 2.12. The SMILES string of the molecule is Cc1cc(-c2nc(Cl)nc(-n3cccn3)n2)ccn1. The van der Waals surface area contributed by atoms with E-state index < -0.39 is 0 Å². The monoisotopic (exact) mass is 272 g/mol. The van der Waals surface area contributed by atoms with Crippen LogP contribution in [0.1, 0.15) is 5.69 Å². The molecule has 3 aromatic rings. The highest BCUT2D eigenvalue weighted by atomic mass is 35.5. The van der Waals surface area contributed by atoms with Gasteiger partial charge in [-0.25, -0.2) is 4.68 Å². The molecule has 0 N–H and O–H groups in total. The lowest BCUT2D eigenvalue weighted by Gasteiger charge is -2.04. The van der Waals surface area contributed by atoms with Crippen molar-refractivity contribution in [3.63, 3.8) is 0 Å². The first-order valence-electron chi connectivity index (χ1n) is 5.57. The molecule has 3 rings (SSSR count). The number of pyridine rings is 1. The van der Waals surface area contributed by atoms with Crippen molar-refractivity contribution < 1.29 is 0 Å². The number of hydrogen-bond acceptors (Lipinski definition) is 5. The van der Waals surface area contributed by atoms with Crippen LogP contribution in [0.2, 0.25) is 5.28 Å². The van der Waals surface area contributed by atoms with Crippen LogP contribution in [0.3, 0.4) is 0 Å². The summed E-state index contributed by atoms with van der Waals surface area (Å²) in [6, 6.07) is 5.50. The Morgan fingerprint density at radius 3 is 2.79 bits per heavy atom. The van der Waals surface area contributed by atoms with Crippen LogP contribution in [0.5, 0.6) is 0 Å². The summed E-state index contributed by atoms with van der Waals surface area (Å²) in [6.07, 6.45) is 5.09. The predicted octanol–water partition coefficient (Wildman–Crippen LogP) is 2.08.